The second kappa shape index (κ2) is 6.71. The fourth-order valence-corrected chi connectivity index (χ4v) is 1.25. The summed E-state index contributed by atoms with van der Waals surface area (Å²) in [5.74, 6) is -0.319. The van der Waals surface area contributed by atoms with Crippen LogP contribution in [0.15, 0.2) is 0 Å². The van der Waals surface area contributed by atoms with E-state index in [-0.39, 0.29) is 17.7 Å². The summed E-state index contributed by atoms with van der Waals surface area (Å²) in [5, 5.41) is 2.18. The zero-order valence-corrected chi connectivity index (χ0v) is 9.35. The summed E-state index contributed by atoms with van der Waals surface area (Å²) in [5.41, 5.74) is 5.42. The van der Waals surface area contributed by atoms with Crippen LogP contribution in [-0.2, 0) is 4.79 Å². The molecule has 0 saturated carbocycles. The summed E-state index contributed by atoms with van der Waals surface area (Å²) in [4.78, 5) is 11.1. The van der Waals surface area contributed by atoms with Gasteiger partial charge in [-0.25, -0.2) is 8.78 Å². The van der Waals surface area contributed by atoms with Crippen LogP contribution in [0.1, 0.15) is 33.1 Å². The van der Waals surface area contributed by atoms with E-state index in [9.17, 15) is 13.6 Å². The molecule has 0 saturated heterocycles. The third-order valence-electron chi connectivity index (χ3n) is 2.30. The Morgan fingerprint density at radius 3 is 2.47 bits per heavy atom. The van der Waals surface area contributed by atoms with Crippen LogP contribution < -0.4 is 11.1 Å². The number of alkyl halides is 2. The molecule has 1 amide bonds. The van der Waals surface area contributed by atoms with Crippen LogP contribution in [-0.4, -0.2) is 25.4 Å². The molecule has 0 bridgehead atoms. The third-order valence-corrected chi connectivity index (χ3v) is 2.30. The lowest BCUT2D eigenvalue weighted by Crippen LogP contribution is -2.29. The molecule has 5 heteroatoms. The van der Waals surface area contributed by atoms with Gasteiger partial charge in [0.05, 0.1) is 6.54 Å². The molecule has 0 aromatic carbocycles. The van der Waals surface area contributed by atoms with Crippen molar-refractivity contribution in [2.24, 2.45) is 11.1 Å². The van der Waals surface area contributed by atoms with Gasteiger partial charge in [-0.1, -0.05) is 13.8 Å². The molecule has 0 atom stereocenters. The minimum Gasteiger partial charge on any atom is -0.350 e. The molecule has 0 fully saturated rings. The fraction of sp³-hybridized carbons (Fsp3) is 0.900. The molecule has 0 spiro atoms. The molecule has 0 heterocycles. The molecule has 0 aliphatic rings. The average Bonchev–Trinajstić information content (AvgIpc) is 2.11. The van der Waals surface area contributed by atoms with Crippen molar-refractivity contribution in [2.75, 3.05) is 13.1 Å². The van der Waals surface area contributed by atoms with Gasteiger partial charge < -0.3 is 11.1 Å². The molecular formula is C10H20F2N2O. The molecule has 0 radical (unpaired) electrons. The Morgan fingerprint density at radius 1 is 1.40 bits per heavy atom. The van der Waals surface area contributed by atoms with E-state index < -0.39 is 13.0 Å². The first-order valence-electron chi connectivity index (χ1n) is 5.12. The van der Waals surface area contributed by atoms with Crippen molar-refractivity contribution >= 4 is 5.91 Å². The van der Waals surface area contributed by atoms with Crippen molar-refractivity contribution in [3.05, 3.63) is 0 Å². The van der Waals surface area contributed by atoms with Gasteiger partial charge in [-0.05, 0) is 24.8 Å². The predicted molar refractivity (Wildman–Crippen MR) is 55.7 cm³/mol. The van der Waals surface area contributed by atoms with Crippen LogP contribution >= 0.6 is 0 Å². The van der Waals surface area contributed by atoms with Crippen molar-refractivity contribution in [1.82, 2.24) is 5.32 Å². The molecule has 15 heavy (non-hydrogen) atoms. The number of hydrogen-bond acceptors (Lipinski definition) is 2. The molecule has 0 aromatic rings. The number of nitrogens with two attached hydrogens (primary N) is 1. The Bertz CT molecular complexity index is 196. The summed E-state index contributed by atoms with van der Waals surface area (Å²) in [6.07, 6.45) is -0.709. The maximum Gasteiger partial charge on any atom is 0.255 e. The topological polar surface area (TPSA) is 55.1 Å². The summed E-state index contributed by atoms with van der Waals surface area (Å²) in [6.45, 7) is 4.04. The van der Waals surface area contributed by atoms with Gasteiger partial charge in [0.15, 0.2) is 0 Å². The van der Waals surface area contributed by atoms with Gasteiger partial charge in [-0.2, -0.15) is 0 Å². The van der Waals surface area contributed by atoms with E-state index in [1.54, 1.807) is 0 Å². The first-order valence-corrected chi connectivity index (χ1v) is 5.12. The largest absolute Gasteiger partial charge is 0.350 e. The molecule has 0 rings (SSSR count). The van der Waals surface area contributed by atoms with Gasteiger partial charge in [0.1, 0.15) is 0 Å². The first-order chi connectivity index (χ1) is 6.87. The van der Waals surface area contributed by atoms with Gasteiger partial charge in [0.25, 0.3) is 6.43 Å². The lowest BCUT2D eigenvalue weighted by molar-refractivity contribution is -0.122. The van der Waals surface area contributed by atoms with Crippen LogP contribution in [0.4, 0.5) is 8.78 Å². The van der Waals surface area contributed by atoms with Crippen LogP contribution in [0.3, 0.4) is 0 Å². The summed E-state index contributed by atoms with van der Waals surface area (Å²) >= 11 is 0. The van der Waals surface area contributed by atoms with Gasteiger partial charge in [-0.15, -0.1) is 0 Å². The lowest BCUT2D eigenvalue weighted by Gasteiger charge is -2.23. The maximum atomic E-state index is 11.8. The van der Waals surface area contributed by atoms with Gasteiger partial charge in [-0.3, -0.25) is 4.79 Å². The van der Waals surface area contributed by atoms with Crippen molar-refractivity contribution in [2.45, 2.75) is 39.5 Å². The van der Waals surface area contributed by atoms with Gasteiger partial charge in [0, 0.05) is 6.42 Å². The summed E-state index contributed by atoms with van der Waals surface area (Å²) in [7, 11) is 0. The molecule has 0 aliphatic carbocycles. The summed E-state index contributed by atoms with van der Waals surface area (Å²) < 4.78 is 23.5. The average molecular weight is 222 g/mol. The zero-order chi connectivity index (χ0) is 11.9. The number of amides is 1. The molecule has 3 N–H and O–H groups in total. The highest BCUT2D eigenvalue weighted by molar-refractivity contribution is 5.75. The van der Waals surface area contributed by atoms with E-state index in [1.807, 2.05) is 13.8 Å². The van der Waals surface area contributed by atoms with E-state index >= 15 is 0 Å². The van der Waals surface area contributed by atoms with E-state index in [1.165, 1.54) is 0 Å². The highest BCUT2D eigenvalue weighted by Gasteiger charge is 2.18. The van der Waals surface area contributed by atoms with E-state index in [4.69, 9.17) is 5.73 Å². The standard InChI is InChI=1S/C10H20F2N2O/c1-10(2,5-6-13)4-3-9(15)14-7-8(11)12/h8H,3-7,13H2,1-2H3,(H,14,15). The highest BCUT2D eigenvalue weighted by Crippen LogP contribution is 2.25. The number of halogens is 2. The normalized spacial score (nSPS) is 11.9. The number of carbonyl (C=O) groups is 1. The Morgan fingerprint density at radius 2 is 2.00 bits per heavy atom. The Hall–Kier alpha value is -0.710. The lowest BCUT2D eigenvalue weighted by atomic mass is 9.84. The highest BCUT2D eigenvalue weighted by atomic mass is 19.3. The van der Waals surface area contributed by atoms with Crippen LogP contribution in [0.5, 0.6) is 0 Å². The van der Waals surface area contributed by atoms with Crippen molar-refractivity contribution in [1.29, 1.82) is 0 Å². The number of hydrogen-bond donors (Lipinski definition) is 2. The van der Waals surface area contributed by atoms with Gasteiger partial charge >= 0.3 is 0 Å². The zero-order valence-electron chi connectivity index (χ0n) is 9.35. The second-order valence-corrected chi connectivity index (χ2v) is 4.40. The van der Waals surface area contributed by atoms with Crippen LogP contribution in [0, 0.1) is 5.41 Å². The smallest absolute Gasteiger partial charge is 0.255 e. The second-order valence-electron chi connectivity index (χ2n) is 4.40. The van der Waals surface area contributed by atoms with E-state index in [0.717, 1.165) is 6.42 Å². The molecular weight excluding hydrogens is 202 g/mol. The predicted octanol–water partition coefficient (Wildman–Crippen LogP) is 1.52. The molecule has 3 nitrogen and oxygen atoms in total. The Labute approximate surface area is 89.4 Å². The quantitative estimate of drug-likeness (QED) is 0.686. The Kier molecular flexibility index (Phi) is 6.40. The van der Waals surface area contributed by atoms with E-state index in [0.29, 0.717) is 13.0 Å². The SMILES string of the molecule is CC(C)(CCN)CCC(=O)NCC(F)F. The number of carbonyl (C=O) groups excluding carboxylic acids is 1. The summed E-state index contributed by atoms with van der Waals surface area (Å²) in [6, 6.07) is 0. The van der Waals surface area contributed by atoms with Crippen LogP contribution in [0.25, 0.3) is 0 Å². The minimum absolute atomic E-state index is 0.00305. The van der Waals surface area contributed by atoms with Crippen LogP contribution in [0.2, 0.25) is 0 Å². The minimum atomic E-state index is -2.48. The maximum absolute atomic E-state index is 11.8. The molecule has 0 aromatic heterocycles. The number of rotatable bonds is 7. The number of nitrogens with one attached hydrogen (secondary N) is 1. The van der Waals surface area contributed by atoms with Crippen molar-refractivity contribution < 1.29 is 13.6 Å². The third kappa shape index (κ3) is 8.30. The van der Waals surface area contributed by atoms with Crippen molar-refractivity contribution in [3.8, 4) is 0 Å². The van der Waals surface area contributed by atoms with Gasteiger partial charge in [0.2, 0.25) is 5.91 Å². The van der Waals surface area contributed by atoms with E-state index in [2.05, 4.69) is 5.32 Å². The fourth-order valence-electron chi connectivity index (χ4n) is 1.25. The Balaban J connectivity index is 3.70. The molecule has 0 aliphatic heterocycles. The first kappa shape index (κ1) is 14.3. The molecule has 0 unspecified atom stereocenters. The van der Waals surface area contributed by atoms with Crippen molar-refractivity contribution in [3.63, 3.8) is 0 Å². The molecule has 90 valence electrons. The monoisotopic (exact) mass is 222 g/mol.